The number of benzene rings is 1. The number of alkyl halides is 3. The van der Waals surface area contributed by atoms with Crippen molar-refractivity contribution in [1.29, 1.82) is 0 Å². The first kappa shape index (κ1) is 21.8. The monoisotopic (exact) mass is 446 g/mol. The van der Waals surface area contributed by atoms with Crippen molar-refractivity contribution in [3.8, 4) is 0 Å². The van der Waals surface area contributed by atoms with Crippen LogP contribution < -0.4 is 5.56 Å². The number of aromatic nitrogens is 2. The molecule has 1 aromatic carbocycles. The molecule has 2 N–H and O–H groups in total. The Hall–Kier alpha value is -2.41. The lowest BCUT2D eigenvalue weighted by atomic mass is 9.72. The van der Waals surface area contributed by atoms with Crippen LogP contribution in [0.4, 0.5) is 13.2 Å². The van der Waals surface area contributed by atoms with Gasteiger partial charge < -0.3 is 4.98 Å². The van der Waals surface area contributed by atoms with Crippen LogP contribution in [0.15, 0.2) is 53.4 Å². The fourth-order valence-electron chi connectivity index (χ4n) is 4.90. The maximum absolute atomic E-state index is 13.1. The zero-order valence-corrected chi connectivity index (χ0v) is 17.9. The number of nitrogens with one attached hydrogen (secondary N) is 2. The largest absolute Gasteiger partial charge is 0.416 e. The van der Waals surface area contributed by atoms with Crippen molar-refractivity contribution in [2.45, 2.75) is 50.6 Å². The lowest BCUT2D eigenvalue weighted by Gasteiger charge is -2.33. The van der Waals surface area contributed by atoms with E-state index in [-0.39, 0.29) is 22.7 Å². The summed E-state index contributed by atoms with van der Waals surface area (Å²) in [6.07, 6.45) is 9.46. The molecule has 0 spiro atoms. The highest BCUT2D eigenvalue weighted by Crippen LogP contribution is 2.41. The molecule has 1 aromatic heterocycles. The second kappa shape index (κ2) is 8.99. The van der Waals surface area contributed by atoms with Gasteiger partial charge in [-0.05, 0) is 73.7 Å². The zero-order valence-electron chi connectivity index (χ0n) is 17.0. The Labute approximate surface area is 184 Å². The number of hydrogen-bond donors (Lipinski definition) is 2. The van der Waals surface area contributed by atoms with Gasteiger partial charge >= 0.3 is 6.18 Å². The van der Waals surface area contributed by atoms with Crippen molar-refractivity contribution >= 4 is 12.2 Å². The number of halogens is 3. The van der Waals surface area contributed by atoms with Crippen LogP contribution in [0.25, 0.3) is 0 Å². The Morgan fingerprint density at radius 2 is 1.84 bits per heavy atom. The van der Waals surface area contributed by atoms with E-state index < -0.39 is 11.7 Å². The van der Waals surface area contributed by atoms with E-state index in [1.54, 1.807) is 6.07 Å². The molecule has 3 nitrogen and oxygen atoms in total. The van der Waals surface area contributed by atoms with Crippen molar-refractivity contribution in [1.82, 2.24) is 9.97 Å². The van der Waals surface area contributed by atoms with E-state index in [1.165, 1.54) is 6.07 Å². The zero-order chi connectivity index (χ0) is 22.0. The van der Waals surface area contributed by atoms with E-state index in [0.717, 1.165) is 49.9 Å². The normalized spacial score (nSPS) is 23.8. The number of aromatic amines is 2. The summed E-state index contributed by atoms with van der Waals surface area (Å²) in [6, 6.07) is 5.17. The molecular weight excluding hydrogens is 421 g/mol. The number of rotatable bonds is 4. The van der Waals surface area contributed by atoms with Crippen LogP contribution in [-0.2, 0) is 12.6 Å². The summed E-state index contributed by atoms with van der Waals surface area (Å²) in [5, 5.41) is 0. The summed E-state index contributed by atoms with van der Waals surface area (Å²) in [5.41, 5.74) is 0.695. The van der Waals surface area contributed by atoms with Crippen molar-refractivity contribution in [3.05, 3.63) is 86.1 Å². The van der Waals surface area contributed by atoms with Crippen LogP contribution in [-0.4, -0.2) is 9.97 Å². The molecule has 0 amide bonds. The second-order valence-electron chi connectivity index (χ2n) is 8.50. The topological polar surface area (TPSA) is 48.6 Å². The highest BCUT2D eigenvalue weighted by Gasteiger charge is 2.31. The highest BCUT2D eigenvalue weighted by atomic mass is 32.1. The predicted molar refractivity (Wildman–Crippen MR) is 118 cm³/mol. The Kier molecular flexibility index (Phi) is 6.32. The molecule has 31 heavy (non-hydrogen) atoms. The van der Waals surface area contributed by atoms with Gasteiger partial charge in [-0.3, -0.25) is 9.78 Å². The van der Waals surface area contributed by atoms with Crippen LogP contribution >= 0.6 is 12.2 Å². The molecule has 1 saturated carbocycles. The van der Waals surface area contributed by atoms with Crippen LogP contribution in [0, 0.1) is 16.6 Å². The molecule has 164 valence electrons. The minimum atomic E-state index is -4.41. The minimum Gasteiger partial charge on any atom is -0.335 e. The molecule has 4 rings (SSSR count). The lowest BCUT2D eigenvalue weighted by molar-refractivity contribution is -0.137. The Morgan fingerprint density at radius 3 is 2.52 bits per heavy atom. The maximum atomic E-state index is 13.1. The summed E-state index contributed by atoms with van der Waals surface area (Å²) in [6.45, 7) is 0. The fourth-order valence-corrected chi connectivity index (χ4v) is 5.10. The summed E-state index contributed by atoms with van der Waals surface area (Å²) >= 11 is 5.20. The van der Waals surface area contributed by atoms with Crippen LogP contribution in [0.5, 0.6) is 0 Å². The number of hydrogen-bond acceptors (Lipinski definition) is 2. The molecule has 7 heteroatoms. The molecule has 0 bridgehead atoms. The average molecular weight is 447 g/mol. The standard InChI is InChI=1S/C24H25F3N2OS/c25-24(26,27)19-8-4-5-15(13-19)14-20-21(28-23(31)29-22(20)30)18-11-9-17(10-12-18)16-6-2-1-3-7-16/h1-6,8,13,16-18H,7,9-12,14H2,(H2,28,29,30,31)/t16?,17-,18-. The summed E-state index contributed by atoms with van der Waals surface area (Å²) in [5.74, 6) is 1.34. The number of allylic oxidation sites excluding steroid dienone is 4. The van der Waals surface area contributed by atoms with Gasteiger partial charge in [0, 0.05) is 17.7 Å². The smallest absolute Gasteiger partial charge is 0.335 e. The van der Waals surface area contributed by atoms with E-state index in [0.29, 0.717) is 23.0 Å². The molecular formula is C24H25F3N2OS. The molecule has 0 aliphatic heterocycles. The van der Waals surface area contributed by atoms with Gasteiger partial charge in [0.15, 0.2) is 4.77 Å². The third-order valence-corrected chi connectivity index (χ3v) is 6.71. The van der Waals surface area contributed by atoms with Gasteiger partial charge in [-0.1, -0.05) is 42.5 Å². The van der Waals surface area contributed by atoms with Crippen molar-refractivity contribution in [2.24, 2.45) is 11.8 Å². The Bertz CT molecular complexity index is 1100. The third-order valence-electron chi connectivity index (χ3n) is 6.51. The summed E-state index contributed by atoms with van der Waals surface area (Å²) in [4.78, 5) is 18.5. The van der Waals surface area contributed by atoms with Crippen molar-refractivity contribution in [3.63, 3.8) is 0 Å². The van der Waals surface area contributed by atoms with E-state index in [2.05, 4.69) is 34.3 Å². The molecule has 0 saturated heterocycles. The quantitative estimate of drug-likeness (QED) is 0.531. The van der Waals surface area contributed by atoms with Crippen molar-refractivity contribution in [2.75, 3.05) is 0 Å². The van der Waals surface area contributed by atoms with Gasteiger partial charge in [0.1, 0.15) is 0 Å². The van der Waals surface area contributed by atoms with Gasteiger partial charge in [-0.25, -0.2) is 0 Å². The SMILES string of the molecule is O=c1[nH]c(=S)[nH]c([C@H]2CC[C@H](C3C=CC=CC3)CC2)c1Cc1cccc(C(F)(F)F)c1. The first-order valence-corrected chi connectivity index (χ1v) is 11.1. The van der Waals surface area contributed by atoms with Crippen LogP contribution in [0.3, 0.4) is 0 Å². The van der Waals surface area contributed by atoms with E-state index in [4.69, 9.17) is 12.2 Å². The molecule has 2 aliphatic carbocycles. The Morgan fingerprint density at radius 1 is 1.06 bits per heavy atom. The lowest BCUT2D eigenvalue weighted by Crippen LogP contribution is -2.25. The van der Waals surface area contributed by atoms with E-state index in [1.807, 2.05) is 0 Å². The van der Waals surface area contributed by atoms with E-state index in [9.17, 15) is 18.0 Å². The number of H-pyrrole nitrogens is 2. The van der Waals surface area contributed by atoms with Gasteiger partial charge in [0.2, 0.25) is 0 Å². The third kappa shape index (κ3) is 5.09. The molecule has 1 fully saturated rings. The minimum absolute atomic E-state index is 0.136. The molecule has 2 aromatic rings. The van der Waals surface area contributed by atoms with Gasteiger partial charge in [0.25, 0.3) is 5.56 Å². The van der Waals surface area contributed by atoms with Crippen molar-refractivity contribution < 1.29 is 13.2 Å². The first-order valence-electron chi connectivity index (χ1n) is 10.7. The summed E-state index contributed by atoms with van der Waals surface area (Å²) in [7, 11) is 0. The highest BCUT2D eigenvalue weighted by molar-refractivity contribution is 7.71. The van der Waals surface area contributed by atoms with Gasteiger partial charge in [-0.15, -0.1) is 0 Å². The maximum Gasteiger partial charge on any atom is 0.416 e. The van der Waals surface area contributed by atoms with Crippen LogP contribution in [0.2, 0.25) is 0 Å². The molecule has 2 aliphatic rings. The summed E-state index contributed by atoms with van der Waals surface area (Å²) < 4.78 is 39.6. The van der Waals surface area contributed by atoms with E-state index >= 15 is 0 Å². The van der Waals surface area contributed by atoms with Crippen LogP contribution in [0.1, 0.15) is 60.4 Å². The molecule has 1 atom stereocenters. The molecule has 1 heterocycles. The first-order chi connectivity index (χ1) is 14.8. The average Bonchev–Trinajstić information content (AvgIpc) is 2.76. The Balaban J connectivity index is 1.57. The second-order valence-corrected chi connectivity index (χ2v) is 8.91. The van der Waals surface area contributed by atoms with Gasteiger partial charge in [-0.2, -0.15) is 13.2 Å². The van der Waals surface area contributed by atoms with Gasteiger partial charge in [0.05, 0.1) is 5.56 Å². The molecule has 0 radical (unpaired) electrons. The predicted octanol–water partition coefficient (Wildman–Crippen LogP) is 6.45. The molecule has 1 unspecified atom stereocenters. The fraction of sp³-hybridized carbons (Fsp3) is 0.417.